The fourth-order valence-corrected chi connectivity index (χ4v) is 2.02. The SMILES string of the molecule is CCCCCCC1CC(C(=O)[O-])C1.[Na+]. The molecule has 0 amide bonds. The summed E-state index contributed by atoms with van der Waals surface area (Å²) < 4.78 is 0. The molecule has 0 heterocycles. The third-order valence-corrected chi connectivity index (χ3v) is 3.03. The van der Waals surface area contributed by atoms with E-state index in [4.69, 9.17) is 0 Å². The Balaban J connectivity index is 0.00000169. The summed E-state index contributed by atoms with van der Waals surface area (Å²) in [5.74, 6) is -0.291. The largest absolute Gasteiger partial charge is 1.00 e. The Kier molecular flexibility index (Phi) is 7.98. The number of carboxylic acid groups (broad SMARTS) is 1. The maximum atomic E-state index is 10.4. The number of rotatable bonds is 6. The second kappa shape index (κ2) is 7.72. The number of hydrogen-bond donors (Lipinski definition) is 0. The van der Waals surface area contributed by atoms with Crippen LogP contribution in [0.5, 0.6) is 0 Å². The minimum absolute atomic E-state index is 0. The number of hydrogen-bond acceptors (Lipinski definition) is 2. The zero-order valence-electron chi connectivity index (χ0n) is 9.42. The predicted octanol–water partition coefficient (Wildman–Crippen LogP) is -1.26. The van der Waals surface area contributed by atoms with Crippen molar-refractivity contribution in [1.29, 1.82) is 0 Å². The van der Waals surface area contributed by atoms with E-state index in [-0.39, 0.29) is 35.5 Å². The van der Waals surface area contributed by atoms with Crippen LogP contribution in [0.3, 0.4) is 0 Å². The average molecular weight is 206 g/mol. The molecule has 0 aromatic carbocycles. The van der Waals surface area contributed by atoms with Crippen molar-refractivity contribution in [3.63, 3.8) is 0 Å². The molecule has 14 heavy (non-hydrogen) atoms. The van der Waals surface area contributed by atoms with Crippen LogP contribution in [0.25, 0.3) is 0 Å². The van der Waals surface area contributed by atoms with Crippen LogP contribution in [0.15, 0.2) is 0 Å². The van der Waals surface area contributed by atoms with Crippen molar-refractivity contribution in [2.45, 2.75) is 51.9 Å². The van der Waals surface area contributed by atoms with E-state index in [0.29, 0.717) is 5.92 Å². The van der Waals surface area contributed by atoms with Gasteiger partial charge >= 0.3 is 29.6 Å². The maximum absolute atomic E-state index is 10.4. The summed E-state index contributed by atoms with van der Waals surface area (Å²) in [4.78, 5) is 10.4. The van der Waals surface area contributed by atoms with E-state index in [2.05, 4.69) is 6.92 Å². The van der Waals surface area contributed by atoms with Gasteiger partial charge in [0, 0.05) is 5.97 Å². The van der Waals surface area contributed by atoms with Crippen molar-refractivity contribution in [2.24, 2.45) is 11.8 Å². The summed E-state index contributed by atoms with van der Waals surface area (Å²) in [5, 5.41) is 10.4. The molecule has 1 aliphatic carbocycles. The van der Waals surface area contributed by atoms with E-state index in [9.17, 15) is 9.90 Å². The van der Waals surface area contributed by atoms with Gasteiger partial charge in [-0.05, 0) is 24.7 Å². The van der Waals surface area contributed by atoms with Gasteiger partial charge in [0.1, 0.15) is 0 Å². The fourth-order valence-electron chi connectivity index (χ4n) is 2.02. The number of aliphatic carboxylic acids is 1. The van der Waals surface area contributed by atoms with Gasteiger partial charge in [-0.3, -0.25) is 0 Å². The summed E-state index contributed by atoms with van der Waals surface area (Å²) in [6.07, 6.45) is 8.14. The molecule has 0 aromatic heterocycles. The topological polar surface area (TPSA) is 40.1 Å². The van der Waals surface area contributed by atoms with Gasteiger partial charge in [0.05, 0.1) is 0 Å². The normalized spacial score (nSPS) is 24.9. The Labute approximate surface area is 109 Å². The number of carboxylic acids is 1. The van der Waals surface area contributed by atoms with Crippen LogP contribution in [-0.2, 0) is 4.79 Å². The van der Waals surface area contributed by atoms with E-state index < -0.39 is 5.97 Å². The second-order valence-electron chi connectivity index (χ2n) is 4.20. The molecule has 0 radical (unpaired) electrons. The van der Waals surface area contributed by atoms with Crippen molar-refractivity contribution in [1.82, 2.24) is 0 Å². The van der Waals surface area contributed by atoms with Gasteiger partial charge < -0.3 is 9.90 Å². The summed E-state index contributed by atoms with van der Waals surface area (Å²) in [6.45, 7) is 2.20. The third-order valence-electron chi connectivity index (χ3n) is 3.03. The van der Waals surface area contributed by atoms with Crippen molar-refractivity contribution in [3.05, 3.63) is 0 Å². The van der Waals surface area contributed by atoms with Crippen molar-refractivity contribution in [2.75, 3.05) is 0 Å². The quantitative estimate of drug-likeness (QED) is 0.402. The first-order chi connectivity index (χ1) is 6.24. The summed E-state index contributed by atoms with van der Waals surface area (Å²) in [6, 6.07) is 0. The molecule has 1 rings (SSSR count). The molecule has 0 saturated heterocycles. The minimum Gasteiger partial charge on any atom is -0.550 e. The standard InChI is InChI=1S/C11H20O2.Na/c1-2-3-4-5-6-9-7-10(8-9)11(12)13;/h9-10H,2-8H2,1H3,(H,12,13);/q;+1/p-1. The van der Waals surface area contributed by atoms with Crippen LogP contribution in [0, 0.1) is 11.8 Å². The zero-order valence-corrected chi connectivity index (χ0v) is 11.4. The zero-order chi connectivity index (χ0) is 9.68. The van der Waals surface area contributed by atoms with Crippen LogP contribution in [0.4, 0.5) is 0 Å². The monoisotopic (exact) mass is 206 g/mol. The Bertz CT molecular complexity index is 165. The molecule has 0 aliphatic heterocycles. The van der Waals surface area contributed by atoms with Crippen LogP contribution in [0.2, 0.25) is 0 Å². The van der Waals surface area contributed by atoms with Crippen LogP contribution in [-0.4, -0.2) is 5.97 Å². The number of unbranched alkanes of at least 4 members (excludes halogenated alkanes) is 3. The second-order valence-corrected chi connectivity index (χ2v) is 4.20. The minimum atomic E-state index is -0.843. The van der Waals surface area contributed by atoms with Crippen LogP contribution in [0.1, 0.15) is 51.9 Å². The smallest absolute Gasteiger partial charge is 0.550 e. The molecule has 0 spiro atoms. The molecule has 1 saturated carbocycles. The Hall–Kier alpha value is 0.470. The molecular weight excluding hydrogens is 187 g/mol. The summed E-state index contributed by atoms with van der Waals surface area (Å²) >= 11 is 0. The molecule has 1 aliphatic rings. The molecule has 3 heteroatoms. The predicted molar refractivity (Wildman–Crippen MR) is 50.0 cm³/mol. The molecule has 1 fully saturated rings. The summed E-state index contributed by atoms with van der Waals surface area (Å²) in [7, 11) is 0. The van der Waals surface area contributed by atoms with Gasteiger partial charge in [-0.15, -0.1) is 0 Å². The van der Waals surface area contributed by atoms with Gasteiger partial charge in [0.25, 0.3) is 0 Å². The molecule has 0 bridgehead atoms. The van der Waals surface area contributed by atoms with E-state index in [1.807, 2.05) is 0 Å². The molecule has 0 unspecified atom stereocenters. The first kappa shape index (κ1) is 14.5. The first-order valence-corrected chi connectivity index (χ1v) is 5.45. The molecular formula is C11H19NaO2. The number of carbonyl (C=O) groups is 1. The Morgan fingerprint density at radius 2 is 1.93 bits per heavy atom. The molecule has 0 atom stereocenters. The van der Waals surface area contributed by atoms with Crippen LogP contribution >= 0.6 is 0 Å². The van der Waals surface area contributed by atoms with Gasteiger partial charge in [-0.1, -0.05) is 39.0 Å². The fraction of sp³-hybridized carbons (Fsp3) is 0.909. The van der Waals surface area contributed by atoms with Gasteiger partial charge in [-0.25, -0.2) is 0 Å². The first-order valence-electron chi connectivity index (χ1n) is 5.45. The van der Waals surface area contributed by atoms with E-state index in [0.717, 1.165) is 12.8 Å². The van der Waals surface area contributed by atoms with Crippen molar-refractivity contribution < 1.29 is 39.5 Å². The van der Waals surface area contributed by atoms with E-state index >= 15 is 0 Å². The van der Waals surface area contributed by atoms with Gasteiger partial charge in [-0.2, -0.15) is 0 Å². The Morgan fingerprint density at radius 1 is 1.29 bits per heavy atom. The Morgan fingerprint density at radius 3 is 2.43 bits per heavy atom. The molecule has 0 aromatic rings. The van der Waals surface area contributed by atoms with Gasteiger partial charge in [0.2, 0.25) is 0 Å². The third kappa shape index (κ3) is 4.81. The summed E-state index contributed by atoms with van der Waals surface area (Å²) in [5.41, 5.74) is 0. The van der Waals surface area contributed by atoms with Crippen molar-refractivity contribution >= 4 is 5.97 Å². The van der Waals surface area contributed by atoms with Crippen LogP contribution < -0.4 is 34.7 Å². The molecule has 0 N–H and O–H groups in total. The van der Waals surface area contributed by atoms with Crippen molar-refractivity contribution in [3.8, 4) is 0 Å². The average Bonchev–Trinajstić information content (AvgIpc) is 2.00. The number of carbonyl (C=O) groups excluding carboxylic acids is 1. The van der Waals surface area contributed by atoms with Gasteiger partial charge in [0.15, 0.2) is 0 Å². The molecule has 76 valence electrons. The van der Waals surface area contributed by atoms with E-state index in [1.54, 1.807) is 0 Å². The van der Waals surface area contributed by atoms with E-state index in [1.165, 1.54) is 32.1 Å². The molecule has 2 nitrogen and oxygen atoms in total. The maximum Gasteiger partial charge on any atom is 1.00 e.